The van der Waals surface area contributed by atoms with Gasteiger partial charge in [0.05, 0.1) is 0 Å². The van der Waals surface area contributed by atoms with Crippen LogP contribution in [0.3, 0.4) is 0 Å². The lowest BCUT2D eigenvalue weighted by Gasteiger charge is -1.84. The molecule has 0 spiro atoms. The molecule has 0 radical (unpaired) electrons. The summed E-state index contributed by atoms with van der Waals surface area (Å²) in [6.07, 6.45) is 4.78. The Morgan fingerprint density at radius 1 is 1.71 bits per heavy atom. The van der Waals surface area contributed by atoms with Crippen LogP contribution in [0.2, 0.25) is 0 Å². The SMILES string of the molecule is OSn1ccnc1. The van der Waals surface area contributed by atoms with Gasteiger partial charge in [0.1, 0.15) is 18.6 Å². The molecule has 1 aromatic rings. The van der Waals surface area contributed by atoms with Crippen LogP contribution < -0.4 is 0 Å². The van der Waals surface area contributed by atoms with Gasteiger partial charge in [-0.1, -0.05) is 0 Å². The lowest BCUT2D eigenvalue weighted by Crippen LogP contribution is -1.74. The van der Waals surface area contributed by atoms with E-state index < -0.39 is 0 Å². The Morgan fingerprint density at radius 3 is 2.86 bits per heavy atom. The molecule has 0 saturated carbocycles. The lowest BCUT2D eigenvalue weighted by atomic mass is 11.0. The maximum Gasteiger partial charge on any atom is 0.117 e. The first-order chi connectivity index (χ1) is 3.43. The Bertz CT molecular complexity index is 127. The average Bonchev–Trinajstić information content (AvgIpc) is 2.14. The first kappa shape index (κ1) is 4.67. The number of hydrogen-bond acceptors (Lipinski definition) is 3. The largest absolute Gasteiger partial charge is 0.312 e. The van der Waals surface area contributed by atoms with E-state index in [0.29, 0.717) is 12.2 Å². The highest BCUT2D eigenvalue weighted by Crippen LogP contribution is 1.95. The predicted molar refractivity (Wildman–Crippen MR) is 27.8 cm³/mol. The Labute approximate surface area is 45.3 Å². The van der Waals surface area contributed by atoms with Gasteiger partial charge in [0.15, 0.2) is 0 Å². The molecule has 7 heavy (non-hydrogen) atoms. The quantitative estimate of drug-likeness (QED) is 0.553. The van der Waals surface area contributed by atoms with E-state index in [1.54, 1.807) is 12.4 Å². The summed E-state index contributed by atoms with van der Waals surface area (Å²) in [5.74, 6) is 0. The Kier molecular flexibility index (Phi) is 1.33. The van der Waals surface area contributed by atoms with Crippen LogP contribution in [0.5, 0.6) is 0 Å². The first-order valence-electron chi connectivity index (χ1n) is 1.73. The second-order valence-electron chi connectivity index (χ2n) is 1.00. The van der Waals surface area contributed by atoms with Gasteiger partial charge in [0, 0.05) is 12.4 Å². The maximum atomic E-state index is 8.27. The molecule has 3 nitrogen and oxygen atoms in total. The molecule has 0 bridgehead atoms. The summed E-state index contributed by atoms with van der Waals surface area (Å²) >= 11 is 0.630. The zero-order chi connectivity index (χ0) is 5.11. The van der Waals surface area contributed by atoms with Crippen LogP contribution in [-0.2, 0) is 0 Å². The molecule has 0 atom stereocenters. The maximum absolute atomic E-state index is 8.27. The molecule has 0 unspecified atom stereocenters. The fraction of sp³-hybridized carbons (Fsp3) is 0. The summed E-state index contributed by atoms with van der Waals surface area (Å²) in [5, 5.41) is 0. The van der Waals surface area contributed by atoms with E-state index in [4.69, 9.17) is 4.55 Å². The van der Waals surface area contributed by atoms with Crippen molar-refractivity contribution in [3.8, 4) is 0 Å². The van der Waals surface area contributed by atoms with Crippen molar-refractivity contribution in [2.75, 3.05) is 0 Å². The number of aromatic nitrogens is 2. The van der Waals surface area contributed by atoms with Crippen LogP contribution in [0.4, 0.5) is 0 Å². The van der Waals surface area contributed by atoms with Gasteiger partial charge < -0.3 is 4.55 Å². The first-order valence-corrected chi connectivity index (χ1v) is 2.46. The number of hydrogen-bond donors (Lipinski definition) is 1. The van der Waals surface area contributed by atoms with Crippen molar-refractivity contribution in [1.29, 1.82) is 0 Å². The molecule has 0 aliphatic rings. The van der Waals surface area contributed by atoms with Gasteiger partial charge in [-0.2, -0.15) is 0 Å². The van der Waals surface area contributed by atoms with Gasteiger partial charge in [-0.3, -0.25) is 3.97 Å². The summed E-state index contributed by atoms with van der Waals surface area (Å²) in [6.45, 7) is 0. The van der Waals surface area contributed by atoms with Crippen molar-refractivity contribution >= 4 is 12.2 Å². The highest BCUT2D eigenvalue weighted by atomic mass is 32.2. The van der Waals surface area contributed by atoms with E-state index in [9.17, 15) is 0 Å². The van der Waals surface area contributed by atoms with Crippen LogP contribution in [-0.4, -0.2) is 13.5 Å². The van der Waals surface area contributed by atoms with Crippen molar-refractivity contribution in [3.05, 3.63) is 18.7 Å². The number of imidazole rings is 1. The fourth-order valence-corrected chi connectivity index (χ4v) is 0.501. The second-order valence-corrected chi connectivity index (χ2v) is 1.59. The molecule has 0 fully saturated rings. The fourth-order valence-electron chi connectivity index (χ4n) is 0.295. The Hall–Kier alpha value is -0.480. The smallest absolute Gasteiger partial charge is 0.117 e. The van der Waals surface area contributed by atoms with Crippen molar-refractivity contribution in [1.82, 2.24) is 8.96 Å². The number of nitrogens with zero attached hydrogens (tertiary/aromatic N) is 2. The number of rotatable bonds is 1. The minimum atomic E-state index is 0.630. The van der Waals surface area contributed by atoms with Gasteiger partial charge in [-0.15, -0.1) is 0 Å². The average molecular weight is 116 g/mol. The molecule has 38 valence electrons. The van der Waals surface area contributed by atoms with E-state index in [2.05, 4.69) is 4.98 Å². The molecule has 0 aliphatic carbocycles. The molecule has 1 N–H and O–H groups in total. The Balaban J connectivity index is 2.76. The van der Waals surface area contributed by atoms with Gasteiger partial charge in [0.25, 0.3) is 0 Å². The van der Waals surface area contributed by atoms with Gasteiger partial charge in [-0.05, 0) is 0 Å². The normalized spacial score (nSPS) is 9.29. The van der Waals surface area contributed by atoms with Gasteiger partial charge >= 0.3 is 0 Å². The van der Waals surface area contributed by atoms with Gasteiger partial charge in [0.2, 0.25) is 0 Å². The third kappa shape index (κ3) is 0.942. The molecule has 0 aromatic carbocycles. The molecule has 1 rings (SSSR count). The van der Waals surface area contributed by atoms with E-state index in [1.165, 1.54) is 10.3 Å². The third-order valence-corrected chi connectivity index (χ3v) is 0.979. The van der Waals surface area contributed by atoms with Crippen LogP contribution in [0.15, 0.2) is 18.7 Å². The van der Waals surface area contributed by atoms with Crippen LogP contribution in [0, 0.1) is 0 Å². The van der Waals surface area contributed by atoms with Crippen LogP contribution >= 0.6 is 12.2 Å². The van der Waals surface area contributed by atoms with Crippen LogP contribution in [0.1, 0.15) is 0 Å². The zero-order valence-corrected chi connectivity index (χ0v) is 4.30. The highest BCUT2D eigenvalue weighted by Gasteiger charge is 1.80. The summed E-state index contributed by atoms with van der Waals surface area (Å²) in [4.78, 5) is 3.68. The topological polar surface area (TPSA) is 38.0 Å². The molecule has 0 saturated heterocycles. The van der Waals surface area contributed by atoms with Crippen molar-refractivity contribution in [3.63, 3.8) is 0 Å². The van der Waals surface area contributed by atoms with Crippen LogP contribution in [0.25, 0.3) is 0 Å². The minimum Gasteiger partial charge on any atom is -0.312 e. The zero-order valence-electron chi connectivity index (χ0n) is 3.48. The molecular formula is C3H4N2OS. The predicted octanol–water partition coefficient (Wildman–Crippen LogP) is 0.852. The summed E-state index contributed by atoms with van der Waals surface area (Å²) in [7, 11) is 0. The second kappa shape index (κ2) is 1.99. The molecular weight excluding hydrogens is 112 g/mol. The molecule has 0 amide bonds. The third-order valence-electron chi connectivity index (χ3n) is 0.574. The molecule has 0 aliphatic heterocycles. The molecule has 1 heterocycles. The summed E-state index contributed by atoms with van der Waals surface area (Å²) in [5.41, 5.74) is 0. The molecule has 4 heteroatoms. The van der Waals surface area contributed by atoms with E-state index in [-0.39, 0.29) is 0 Å². The van der Waals surface area contributed by atoms with E-state index in [0.717, 1.165) is 0 Å². The van der Waals surface area contributed by atoms with Crippen molar-refractivity contribution < 1.29 is 4.55 Å². The molecule has 1 aromatic heterocycles. The van der Waals surface area contributed by atoms with Crippen molar-refractivity contribution in [2.45, 2.75) is 0 Å². The van der Waals surface area contributed by atoms with E-state index >= 15 is 0 Å². The summed E-state index contributed by atoms with van der Waals surface area (Å²) < 4.78 is 9.75. The summed E-state index contributed by atoms with van der Waals surface area (Å²) in [6, 6.07) is 0. The van der Waals surface area contributed by atoms with E-state index in [1.807, 2.05) is 0 Å². The standard InChI is InChI=1S/C3H4N2OS/c6-7-5-2-1-4-3-5/h1-3,6H. The highest BCUT2D eigenvalue weighted by molar-refractivity contribution is 7.92. The Morgan fingerprint density at radius 2 is 2.57 bits per heavy atom. The lowest BCUT2D eigenvalue weighted by molar-refractivity contribution is 0.656. The van der Waals surface area contributed by atoms with Gasteiger partial charge in [-0.25, -0.2) is 4.98 Å². The minimum absolute atomic E-state index is 0.630. The monoisotopic (exact) mass is 116 g/mol. The van der Waals surface area contributed by atoms with Crippen molar-refractivity contribution in [2.24, 2.45) is 0 Å².